The molecule has 1 heterocycles. The molecule has 0 aliphatic carbocycles. The van der Waals surface area contributed by atoms with Crippen LogP contribution >= 0.6 is 23.8 Å². The van der Waals surface area contributed by atoms with Gasteiger partial charge in [0.1, 0.15) is 11.3 Å². The molecule has 0 amide bonds. The maximum atomic E-state index is 14.3. The first-order valence-electron chi connectivity index (χ1n) is 6.44. The van der Waals surface area contributed by atoms with Gasteiger partial charge < -0.3 is 9.72 Å². The van der Waals surface area contributed by atoms with Crippen LogP contribution in [0.25, 0.3) is 16.7 Å². The van der Waals surface area contributed by atoms with E-state index in [1.807, 2.05) is 25.1 Å². The molecule has 3 nitrogen and oxygen atoms in total. The number of halogens is 2. The van der Waals surface area contributed by atoms with Crippen molar-refractivity contribution in [2.75, 3.05) is 6.61 Å². The van der Waals surface area contributed by atoms with Crippen LogP contribution in [0.2, 0.25) is 5.02 Å². The van der Waals surface area contributed by atoms with E-state index in [0.717, 1.165) is 11.0 Å². The van der Waals surface area contributed by atoms with Crippen LogP contribution in [-0.4, -0.2) is 16.2 Å². The van der Waals surface area contributed by atoms with Crippen molar-refractivity contribution in [3.8, 4) is 11.4 Å². The highest BCUT2D eigenvalue weighted by Gasteiger charge is 2.14. The van der Waals surface area contributed by atoms with Gasteiger partial charge in [-0.2, -0.15) is 0 Å². The normalized spacial score (nSPS) is 11.0. The number of nitrogens with one attached hydrogen (secondary N) is 1. The van der Waals surface area contributed by atoms with E-state index in [1.165, 1.54) is 6.07 Å². The lowest BCUT2D eigenvalue weighted by Gasteiger charge is -2.08. The molecular weight excluding hydrogens is 311 g/mol. The van der Waals surface area contributed by atoms with Crippen LogP contribution in [0.3, 0.4) is 0 Å². The molecule has 0 radical (unpaired) electrons. The number of nitrogens with zero attached hydrogens (tertiary/aromatic N) is 1. The number of aromatic nitrogens is 2. The Kier molecular flexibility index (Phi) is 3.69. The van der Waals surface area contributed by atoms with Gasteiger partial charge in [-0.05, 0) is 43.4 Å². The van der Waals surface area contributed by atoms with Crippen molar-refractivity contribution in [3.05, 3.63) is 52.0 Å². The molecule has 0 saturated carbocycles. The fourth-order valence-corrected chi connectivity index (χ4v) is 2.75. The largest absolute Gasteiger partial charge is 0.492 e. The van der Waals surface area contributed by atoms with Crippen molar-refractivity contribution in [3.63, 3.8) is 0 Å². The molecular formula is C15H12ClFN2OS. The summed E-state index contributed by atoms with van der Waals surface area (Å²) < 4.78 is 21.9. The molecule has 2 aromatic carbocycles. The Bertz CT molecular complexity index is 872. The van der Waals surface area contributed by atoms with Crippen LogP contribution in [0.15, 0.2) is 36.4 Å². The van der Waals surface area contributed by atoms with Crippen molar-refractivity contribution in [1.82, 2.24) is 9.55 Å². The van der Waals surface area contributed by atoms with Gasteiger partial charge in [0.05, 0.1) is 22.8 Å². The molecule has 0 bridgehead atoms. The molecule has 0 unspecified atom stereocenters. The maximum absolute atomic E-state index is 14.3. The monoisotopic (exact) mass is 322 g/mol. The number of aromatic amines is 1. The molecule has 0 aliphatic heterocycles. The van der Waals surface area contributed by atoms with Gasteiger partial charge in [0, 0.05) is 0 Å². The minimum Gasteiger partial charge on any atom is -0.492 e. The Morgan fingerprint density at radius 1 is 1.29 bits per heavy atom. The minimum absolute atomic E-state index is 0.0599. The summed E-state index contributed by atoms with van der Waals surface area (Å²) in [6.45, 7) is 2.44. The van der Waals surface area contributed by atoms with Crippen LogP contribution in [0.4, 0.5) is 4.39 Å². The average Bonchev–Trinajstić information content (AvgIpc) is 2.80. The molecule has 3 aromatic rings. The van der Waals surface area contributed by atoms with Gasteiger partial charge in [-0.3, -0.25) is 4.57 Å². The highest BCUT2D eigenvalue weighted by atomic mass is 35.5. The molecule has 0 spiro atoms. The molecule has 1 aromatic heterocycles. The van der Waals surface area contributed by atoms with Crippen molar-refractivity contribution < 1.29 is 9.13 Å². The maximum Gasteiger partial charge on any atom is 0.182 e. The number of hydrogen-bond donors (Lipinski definition) is 1. The van der Waals surface area contributed by atoms with E-state index in [0.29, 0.717) is 22.8 Å². The summed E-state index contributed by atoms with van der Waals surface area (Å²) in [6, 6.07) is 10.4. The Hall–Kier alpha value is -1.85. The molecule has 0 aliphatic rings. The molecule has 0 fully saturated rings. The summed E-state index contributed by atoms with van der Waals surface area (Å²) in [5.74, 6) is 0.181. The number of H-pyrrole nitrogens is 1. The summed E-state index contributed by atoms with van der Waals surface area (Å²) >= 11 is 11.2. The third-order valence-electron chi connectivity index (χ3n) is 3.15. The average molecular weight is 323 g/mol. The van der Waals surface area contributed by atoms with Crippen molar-refractivity contribution in [1.29, 1.82) is 0 Å². The summed E-state index contributed by atoms with van der Waals surface area (Å²) in [7, 11) is 0. The molecule has 0 atom stereocenters. The smallest absolute Gasteiger partial charge is 0.182 e. The summed E-state index contributed by atoms with van der Waals surface area (Å²) in [5, 5.41) is 0.0599. The van der Waals surface area contributed by atoms with Gasteiger partial charge >= 0.3 is 0 Å². The zero-order valence-electron chi connectivity index (χ0n) is 11.2. The molecule has 108 valence electrons. The SMILES string of the molecule is CCOc1cccc2c1[nH]c(=S)n2-c1cccc(Cl)c1F. The molecule has 21 heavy (non-hydrogen) atoms. The first-order chi connectivity index (χ1) is 10.1. The molecule has 3 rings (SSSR count). The fraction of sp³-hybridized carbons (Fsp3) is 0.133. The van der Waals surface area contributed by atoms with Crippen LogP contribution in [0, 0.1) is 10.6 Å². The molecule has 6 heteroatoms. The number of rotatable bonds is 3. The van der Waals surface area contributed by atoms with Gasteiger partial charge in [0.25, 0.3) is 0 Å². The van der Waals surface area contributed by atoms with Crippen LogP contribution in [-0.2, 0) is 0 Å². The third-order valence-corrected chi connectivity index (χ3v) is 3.73. The quantitative estimate of drug-likeness (QED) is 0.696. The van der Waals surface area contributed by atoms with E-state index in [2.05, 4.69) is 4.98 Å². The topological polar surface area (TPSA) is 29.9 Å². The van der Waals surface area contributed by atoms with E-state index in [9.17, 15) is 4.39 Å². The summed E-state index contributed by atoms with van der Waals surface area (Å²) in [5.41, 5.74) is 1.79. The van der Waals surface area contributed by atoms with Crippen LogP contribution < -0.4 is 4.74 Å². The number of fused-ring (bicyclic) bond motifs is 1. The van der Waals surface area contributed by atoms with Crippen LogP contribution in [0.1, 0.15) is 6.92 Å². The first-order valence-corrected chi connectivity index (χ1v) is 7.23. The minimum atomic E-state index is -0.502. The summed E-state index contributed by atoms with van der Waals surface area (Å²) in [6.07, 6.45) is 0. The van der Waals surface area contributed by atoms with E-state index < -0.39 is 5.82 Å². The second kappa shape index (κ2) is 5.50. The van der Waals surface area contributed by atoms with Gasteiger partial charge in [0.2, 0.25) is 0 Å². The van der Waals surface area contributed by atoms with Crippen molar-refractivity contribution in [2.24, 2.45) is 0 Å². The number of ether oxygens (including phenoxy) is 1. The number of para-hydroxylation sites is 1. The predicted octanol–water partition coefficient (Wildman–Crippen LogP) is 4.88. The number of benzene rings is 2. The predicted molar refractivity (Wildman–Crippen MR) is 84.6 cm³/mol. The Morgan fingerprint density at radius 3 is 2.81 bits per heavy atom. The van der Waals surface area contributed by atoms with E-state index in [1.54, 1.807) is 16.7 Å². The Morgan fingerprint density at radius 2 is 2.05 bits per heavy atom. The van der Waals surface area contributed by atoms with Crippen molar-refractivity contribution in [2.45, 2.75) is 6.92 Å². The van der Waals surface area contributed by atoms with Gasteiger partial charge in [-0.1, -0.05) is 23.7 Å². The lowest BCUT2D eigenvalue weighted by molar-refractivity contribution is 0.343. The fourth-order valence-electron chi connectivity index (χ4n) is 2.28. The lowest BCUT2D eigenvalue weighted by Crippen LogP contribution is -1.98. The second-order valence-corrected chi connectivity index (χ2v) is 5.22. The standard InChI is InChI=1S/C15H12ClFN2OS/c1-2-20-12-8-4-7-11-14(12)18-15(21)19(11)10-6-3-5-9(16)13(10)17/h3-8H,2H2,1H3,(H,18,21). The van der Waals surface area contributed by atoms with Crippen molar-refractivity contribution >= 4 is 34.9 Å². The number of hydrogen-bond acceptors (Lipinski definition) is 2. The number of imidazole rings is 1. The van der Waals surface area contributed by atoms with Gasteiger partial charge in [-0.15, -0.1) is 0 Å². The van der Waals surface area contributed by atoms with Crippen LogP contribution in [0.5, 0.6) is 5.75 Å². The first kappa shape index (κ1) is 14.1. The van der Waals surface area contributed by atoms with E-state index in [-0.39, 0.29) is 5.02 Å². The molecule has 1 N–H and O–H groups in total. The van der Waals surface area contributed by atoms with Gasteiger partial charge in [0.15, 0.2) is 10.6 Å². The Balaban J connectivity index is 2.34. The molecule has 0 saturated heterocycles. The highest BCUT2D eigenvalue weighted by Crippen LogP contribution is 2.29. The van der Waals surface area contributed by atoms with Gasteiger partial charge in [-0.25, -0.2) is 4.39 Å². The second-order valence-electron chi connectivity index (χ2n) is 4.42. The lowest BCUT2D eigenvalue weighted by atomic mass is 10.2. The highest BCUT2D eigenvalue weighted by molar-refractivity contribution is 7.71. The zero-order chi connectivity index (χ0) is 15.0. The third kappa shape index (κ3) is 2.32. The summed E-state index contributed by atoms with van der Waals surface area (Å²) in [4.78, 5) is 3.07. The van der Waals surface area contributed by atoms with E-state index >= 15 is 0 Å². The Labute approximate surface area is 130 Å². The van der Waals surface area contributed by atoms with E-state index in [4.69, 9.17) is 28.6 Å². The zero-order valence-corrected chi connectivity index (χ0v) is 12.8.